The highest BCUT2D eigenvalue weighted by molar-refractivity contribution is 5.99. The van der Waals surface area contributed by atoms with E-state index in [-0.39, 0.29) is 23.9 Å². The van der Waals surface area contributed by atoms with E-state index < -0.39 is 5.54 Å². The minimum absolute atomic E-state index is 0.0413. The van der Waals surface area contributed by atoms with Gasteiger partial charge in [-0.2, -0.15) is 0 Å². The van der Waals surface area contributed by atoms with Crippen LogP contribution < -0.4 is 5.32 Å². The van der Waals surface area contributed by atoms with Gasteiger partial charge in [0.2, 0.25) is 11.8 Å². The summed E-state index contributed by atoms with van der Waals surface area (Å²) < 4.78 is 0. The summed E-state index contributed by atoms with van der Waals surface area (Å²) in [7, 11) is 0. The lowest BCUT2D eigenvalue weighted by Crippen LogP contribution is -2.69. The maximum absolute atomic E-state index is 12.6. The molecule has 1 aliphatic heterocycles. The minimum atomic E-state index is -0.740. The van der Waals surface area contributed by atoms with Crippen LogP contribution >= 0.6 is 0 Å². The van der Waals surface area contributed by atoms with Crippen molar-refractivity contribution in [2.75, 3.05) is 0 Å². The standard InChI is InChI=1S/C15H28N2O2/c1-7-15(6)14(19)17(12(5)13(18)16-15)11(4)9-8-10(2)3/h10-12H,7-9H2,1-6H3,(H,16,18). The molecule has 2 amide bonds. The highest BCUT2D eigenvalue weighted by Gasteiger charge is 2.46. The number of piperazine rings is 1. The number of carbonyl (C=O) groups excluding carboxylic acids is 2. The van der Waals surface area contributed by atoms with Crippen LogP contribution in [0.1, 0.15) is 60.8 Å². The molecule has 0 radical (unpaired) electrons. The van der Waals surface area contributed by atoms with Crippen molar-refractivity contribution in [1.82, 2.24) is 10.2 Å². The Morgan fingerprint density at radius 1 is 1.26 bits per heavy atom. The Hall–Kier alpha value is -1.06. The van der Waals surface area contributed by atoms with Gasteiger partial charge in [0.1, 0.15) is 11.6 Å². The zero-order valence-electron chi connectivity index (χ0n) is 13.1. The maximum atomic E-state index is 12.6. The van der Waals surface area contributed by atoms with Crippen LogP contribution in [-0.4, -0.2) is 34.3 Å². The molecule has 0 aliphatic carbocycles. The number of rotatable bonds is 5. The van der Waals surface area contributed by atoms with Gasteiger partial charge in [-0.15, -0.1) is 0 Å². The summed E-state index contributed by atoms with van der Waals surface area (Å²) in [6.45, 7) is 12.0. The molecule has 1 aliphatic rings. The van der Waals surface area contributed by atoms with E-state index in [4.69, 9.17) is 0 Å². The third kappa shape index (κ3) is 3.28. The molecule has 1 saturated heterocycles. The predicted molar refractivity (Wildman–Crippen MR) is 76.7 cm³/mol. The highest BCUT2D eigenvalue weighted by Crippen LogP contribution is 2.25. The molecule has 3 atom stereocenters. The van der Waals surface area contributed by atoms with Gasteiger partial charge in [-0.25, -0.2) is 0 Å². The van der Waals surface area contributed by atoms with E-state index in [1.165, 1.54) is 0 Å². The topological polar surface area (TPSA) is 49.4 Å². The van der Waals surface area contributed by atoms with Crippen molar-refractivity contribution in [3.05, 3.63) is 0 Å². The van der Waals surface area contributed by atoms with Crippen LogP contribution in [0, 0.1) is 5.92 Å². The summed E-state index contributed by atoms with van der Waals surface area (Å²) in [6, 6.07) is -0.254. The Kier molecular flexibility index (Phi) is 4.99. The average molecular weight is 268 g/mol. The molecule has 4 nitrogen and oxygen atoms in total. The lowest BCUT2D eigenvalue weighted by atomic mass is 9.90. The van der Waals surface area contributed by atoms with Crippen LogP contribution in [0.3, 0.4) is 0 Å². The van der Waals surface area contributed by atoms with Gasteiger partial charge in [0.05, 0.1) is 0 Å². The first kappa shape index (κ1) is 16.0. The van der Waals surface area contributed by atoms with Crippen LogP contribution in [0.25, 0.3) is 0 Å². The van der Waals surface area contributed by atoms with Crippen molar-refractivity contribution in [2.45, 2.75) is 78.4 Å². The lowest BCUT2D eigenvalue weighted by molar-refractivity contribution is -0.156. The summed E-state index contributed by atoms with van der Waals surface area (Å²) in [5.74, 6) is 0.628. The van der Waals surface area contributed by atoms with Crippen LogP contribution in [0.15, 0.2) is 0 Å². The number of hydrogen-bond donors (Lipinski definition) is 1. The molecule has 0 aromatic carbocycles. The molecule has 0 spiro atoms. The summed E-state index contributed by atoms with van der Waals surface area (Å²) in [5, 5.41) is 2.86. The van der Waals surface area contributed by atoms with E-state index in [0.717, 1.165) is 12.8 Å². The summed E-state index contributed by atoms with van der Waals surface area (Å²) in [4.78, 5) is 26.5. The smallest absolute Gasteiger partial charge is 0.248 e. The number of carbonyl (C=O) groups is 2. The normalized spacial score (nSPS) is 29.6. The molecule has 0 aromatic heterocycles. The fraction of sp³-hybridized carbons (Fsp3) is 0.867. The predicted octanol–water partition coefficient (Wildman–Crippen LogP) is 2.33. The first-order chi connectivity index (χ1) is 8.73. The Morgan fingerprint density at radius 2 is 1.84 bits per heavy atom. The first-order valence-electron chi connectivity index (χ1n) is 7.37. The second-order valence-electron chi connectivity index (χ2n) is 6.38. The molecular weight excluding hydrogens is 240 g/mol. The number of hydrogen-bond acceptors (Lipinski definition) is 2. The van der Waals surface area contributed by atoms with E-state index >= 15 is 0 Å². The van der Waals surface area contributed by atoms with Gasteiger partial charge in [0.15, 0.2) is 0 Å². The van der Waals surface area contributed by atoms with Gasteiger partial charge in [0, 0.05) is 6.04 Å². The second kappa shape index (κ2) is 5.93. The third-order valence-electron chi connectivity index (χ3n) is 4.25. The Morgan fingerprint density at radius 3 is 2.32 bits per heavy atom. The van der Waals surface area contributed by atoms with Gasteiger partial charge < -0.3 is 10.2 Å². The SMILES string of the molecule is CCC1(C)NC(=O)C(C)N(C(C)CCC(C)C)C1=O. The fourth-order valence-corrected chi connectivity index (χ4v) is 2.55. The largest absolute Gasteiger partial charge is 0.340 e. The fourth-order valence-electron chi connectivity index (χ4n) is 2.55. The molecule has 1 rings (SSSR count). The Labute approximate surface area is 116 Å². The number of amides is 2. The first-order valence-corrected chi connectivity index (χ1v) is 7.37. The van der Waals surface area contributed by atoms with Crippen molar-refractivity contribution >= 4 is 11.8 Å². The molecule has 1 N–H and O–H groups in total. The van der Waals surface area contributed by atoms with Gasteiger partial charge >= 0.3 is 0 Å². The van der Waals surface area contributed by atoms with Crippen molar-refractivity contribution < 1.29 is 9.59 Å². The van der Waals surface area contributed by atoms with Crippen molar-refractivity contribution in [1.29, 1.82) is 0 Å². The van der Waals surface area contributed by atoms with Gasteiger partial charge in [0.25, 0.3) is 0 Å². The molecule has 1 heterocycles. The molecule has 4 heteroatoms. The molecule has 1 fully saturated rings. The van der Waals surface area contributed by atoms with Gasteiger partial charge in [-0.05, 0) is 46.0 Å². The van der Waals surface area contributed by atoms with Gasteiger partial charge in [-0.3, -0.25) is 9.59 Å². The third-order valence-corrected chi connectivity index (χ3v) is 4.25. The summed E-state index contributed by atoms with van der Waals surface area (Å²) >= 11 is 0. The number of nitrogens with one attached hydrogen (secondary N) is 1. The monoisotopic (exact) mass is 268 g/mol. The van der Waals surface area contributed by atoms with Crippen molar-refractivity contribution in [3.63, 3.8) is 0 Å². The zero-order valence-corrected chi connectivity index (χ0v) is 13.1. The van der Waals surface area contributed by atoms with E-state index in [0.29, 0.717) is 12.3 Å². The van der Waals surface area contributed by atoms with Gasteiger partial charge in [-0.1, -0.05) is 20.8 Å². The van der Waals surface area contributed by atoms with Crippen LogP contribution in [0.2, 0.25) is 0 Å². The maximum Gasteiger partial charge on any atom is 0.248 e. The molecule has 110 valence electrons. The van der Waals surface area contributed by atoms with Crippen molar-refractivity contribution in [2.24, 2.45) is 5.92 Å². The molecule has 0 saturated carbocycles. The average Bonchev–Trinajstić information content (AvgIpc) is 2.34. The minimum Gasteiger partial charge on any atom is -0.340 e. The van der Waals surface area contributed by atoms with E-state index in [9.17, 15) is 9.59 Å². The van der Waals surface area contributed by atoms with Crippen LogP contribution in [0.5, 0.6) is 0 Å². The zero-order chi connectivity index (χ0) is 14.8. The van der Waals surface area contributed by atoms with Crippen LogP contribution in [-0.2, 0) is 9.59 Å². The Balaban J connectivity index is 2.88. The second-order valence-corrected chi connectivity index (χ2v) is 6.38. The summed E-state index contributed by atoms with van der Waals surface area (Å²) in [5.41, 5.74) is -0.740. The quantitative estimate of drug-likeness (QED) is 0.832. The molecule has 0 bridgehead atoms. The molecule has 0 aromatic rings. The molecular formula is C15H28N2O2. The van der Waals surface area contributed by atoms with Crippen LogP contribution in [0.4, 0.5) is 0 Å². The van der Waals surface area contributed by atoms with E-state index in [1.807, 2.05) is 27.7 Å². The summed E-state index contributed by atoms with van der Waals surface area (Å²) in [6.07, 6.45) is 2.64. The van der Waals surface area contributed by atoms with Crippen molar-refractivity contribution in [3.8, 4) is 0 Å². The highest BCUT2D eigenvalue weighted by atomic mass is 16.2. The molecule has 3 unspecified atom stereocenters. The number of nitrogens with zero attached hydrogens (tertiary/aromatic N) is 1. The van der Waals surface area contributed by atoms with E-state index in [1.54, 1.807) is 4.90 Å². The lowest BCUT2D eigenvalue weighted by Gasteiger charge is -2.45. The molecule has 19 heavy (non-hydrogen) atoms. The van der Waals surface area contributed by atoms with E-state index in [2.05, 4.69) is 19.2 Å². The Bertz CT molecular complexity index is 354.